The Balaban J connectivity index is 1.82. The van der Waals surface area contributed by atoms with Gasteiger partial charge in [0.05, 0.1) is 16.2 Å². The maximum absolute atomic E-state index is 13.4. The summed E-state index contributed by atoms with van der Waals surface area (Å²) in [6.07, 6.45) is -4.48. The summed E-state index contributed by atoms with van der Waals surface area (Å²) in [4.78, 5) is -0.0963. The molecule has 0 amide bonds. The number of halogens is 3. The molecule has 4 rings (SSSR count). The van der Waals surface area contributed by atoms with Crippen molar-refractivity contribution in [3.05, 3.63) is 84.1 Å². The molecule has 0 bridgehead atoms. The lowest BCUT2D eigenvalue weighted by molar-refractivity contribution is -0.137. The van der Waals surface area contributed by atoms with Gasteiger partial charge < -0.3 is 4.52 Å². The molecule has 0 radical (unpaired) electrons. The molecule has 32 heavy (non-hydrogen) atoms. The van der Waals surface area contributed by atoms with E-state index in [1.54, 1.807) is 49.4 Å². The predicted molar refractivity (Wildman–Crippen MR) is 114 cm³/mol. The predicted octanol–water partition coefficient (Wildman–Crippen LogP) is 5.65. The molecule has 0 fully saturated rings. The minimum absolute atomic E-state index is 0.0715. The zero-order chi connectivity index (χ0) is 23.1. The van der Waals surface area contributed by atoms with Crippen molar-refractivity contribution in [3.8, 4) is 33.6 Å². The van der Waals surface area contributed by atoms with Crippen LogP contribution in [0.3, 0.4) is 0 Å². The Morgan fingerprint density at radius 3 is 2.03 bits per heavy atom. The highest BCUT2D eigenvalue weighted by Crippen LogP contribution is 2.39. The van der Waals surface area contributed by atoms with Gasteiger partial charge in [-0.2, -0.15) is 13.2 Å². The van der Waals surface area contributed by atoms with Gasteiger partial charge in [0.25, 0.3) is 0 Å². The molecule has 0 aliphatic rings. The molecule has 0 aliphatic carbocycles. The number of rotatable bonds is 4. The van der Waals surface area contributed by atoms with E-state index in [2.05, 4.69) is 5.16 Å². The summed E-state index contributed by atoms with van der Waals surface area (Å²) in [5, 5.41) is 9.11. The van der Waals surface area contributed by atoms with Crippen LogP contribution in [-0.4, -0.2) is 13.6 Å². The summed E-state index contributed by atoms with van der Waals surface area (Å²) in [6, 6.07) is 17.8. The minimum atomic E-state index is -4.48. The number of primary sulfonamides is 1. The Morgan fingerprint density at radius 2 is 1.47 bits per heavy atom. The molecule has 0 unspecified atom stereocenters. The molecule has 1 heterocycles. The van der Waals surface area contributed by atoms with Gasteiger partial charge in [-0.15, -0.1) is 0 Å². The number of alkyl halides is 3. The SMILES string of the molecule is Cc1cc(-c2cc(S(N)(=O)=O)ccc2-c2ccc(-c3ccccc3C(F)(F)F)cc2)on1. The second kappa shape index (κ2) is 7.92. The number of nitrogens with two attached hydrogens (primary N) is 1. The van der Waals surface area contributed by atoms with E-state index in [1.165, 1.54) is 24.3 Å². The number of aryl methyl sites for hydroxylation is 1. The van der Waals surface area contributed by atoms with Crippen molar-refractivity contribution >= 4 is 10.0 Å². The Kier molecular flexibility index (Phi) is 5.39. The number of aromatic nitrogens is 1. The van der Waals surface area contributed by atoms with E-state index < -0.39 is 21.8 Å². The summed E-state index contributed by atoms with van der Waals surface area (Å²) in [7, 11) is -3.96. The number of hydrogen-bond donors (Lipinski definition) is 1. The van der Waals surface area contributed by atoms with Crippen LogP contribution in [0.2, 0.25) is 0 Å². The Bertz CT molecular complexity index is 1390. The first-order valence-electron chi connectivity index (χ1n) is 9.41. The molecule has 1 aromatic heterocycles. The van der Waals surface area contributed by atoms with E-state index in [0.717, 1.165) is 6.07 Å². The van der Waals surface area contributed by atoms with Gasteiger partial charge >= 0.3 is 6.18 Å². The molecular formula is C23H17F3N2O3S. The third kappa shape index (κ3) is 4.30. The fraction of sp³-hybridized carbons (Fsp3) is 0.0870. The number of hydrogen-bond acceptors (Lipinski definition) is 4. The highest BCUT2D eigenvalue weighted by Gasteiger charge is 2.33. The van der Waals surface area contributed by atoms with E-state index in [4.69, 9.17) is 9.66 Å². The first kappa shape index (κ1) is 21.8. The third-order valence-electron chi connectivity index (χ3n) is 4.95. The molecule has 3 aromatic carbocycles. The minimum Gasteiger partial charge on any atom is -0.356 e. The van der Waals surface area contributed by atoms with E-state index in [1.807, 2.05) is 0 Å². The van der Waals surface area contributed by atoms with Crippen molar-refractivity contribution in [1.29, 1.82) is 0 Å². The number of benzene rings is 3. The lowest BCUT2D eigenvalue weighted by Crippen LogP contribution is -2.12. The average Bonchev–Trinajstić information content (AvgIpc) is 3.18. The molecule has 0 saturated carbocycles. The molecular weight excluding hydrogens is 441 g/mol. The van der Waals surface area contributed by atoms with Gasteiger partial charge in [0.15, 0.2) is 5.76 Å². The topological polar surface area (TPSA) is 86.2 Å². The van der Waals surface area contributed by atoms with Crippen molar-refractivity contribution in [2.24, 2.45) is 5.14 Å². The maximum Gasteiger partial charge on any atom is 0.417 e. The van der Waals surface area contributed by atoms with Crippen molar-refractivity contribution in [1.82, 2.24) is 5.16 Å². The van der Waals surface area contributed by atoms with E-state index >= 15 is 0 Å². The fourth-order valence-electron chi connectivity index (χ4n) is 3.46. The maximum atomic E-state index is 13.4. The van der Waals surface area contributed by atoms with Crippen LogP contribution in [0.25, 0.3) is 33.6 Å². The molecule has 5 nitrogen and oxygen atoms in total. The number of sulfonamides is 1. The molecule has 9 heteroatoms. The van der Waals surface area contributed by atoms with Crippen LogP contribution in [0, 0.1) is 6.92 Å². The molecule has 0 spiro atoms. The molecule has 2 N–H and O–H groups in total. The quantitative estimate of drug-likeness (QED) is 0.428. The van der Waals surface area contributed by atoms with Gasteiger partial charge in [0.2, 0.25) is 10.0 Å². The van der Waals surface area contributed by atoms with Gasteiger partial charge in [-0.25, -0.2) is 13.6 Å². The van der Waals surface area contributed by atoms with Crippen LogP contribution in [-0.2, 0) is 16.2 Å². The highest BCUT2D eigenvalue weighted by molar-refractivity contribution is 7.89. The molecule has 4 aromatic rings. The Hall–Kier alpha value is -3.43. The lowest BCUT2D eigenvalue weighted by Gasteiger charge is -2.14. The van der Waals surface area contributed by atoms with Gasteiger partial charge in [0, 0.05) is 11.6 Å². The van der Waals surface area contributed by atoms with Gasteiger partial charge in [-0.1, -0.05) is 53.7 Å². The van der Waals surface area contributed by atoms with Gasteiger partial charge in [-0.05, 0) is 47.4 Å². The van der Waals surface area contributed by atoms with E-state index in [0.29, 0.717) is 33.7 Å². The fourth-order valence-corrected chi connectivity index (χ4v) is 4.00. The molecule has 0 atom stereocenters. The van der Waals surface area contributed by atoms with Gasteiger partial charge in [0.1, 0.15) is 0 Å². The van der Waals surface area contributed by atoms with Crippen LogP contribution in [0.1, 0.15) is 11.3 Å². The Morgan fingerprint density at radius 1 is 0.844 bits per heavy atom. The smallest absolute Gasteiger partial charge is 0.356 e. The van der Waals surface area contributed by atoms with Crippen molar-refractivity contribution in [2.75, 3.05) is 0 Å². The standard InChI is InChI=1S/C23H17F3N2O3S/c1-14-12-22(31-28-14)20-13-17(32(27,29)30)10-11-18(20)15-6-8-16(9-7-15)19-4-2-3-5-21(19)23(24,25)26/h2-13H,1H3,(H2,27,29,30). The lowest BCUT2D eigenvalue weighted by atomic mass is 9.94. The van der Waals surface area contributed by atoms with Crippen molar-refractivity contribution in [3.63, 3.8) is 0 Å². The molecule has 0 saturated heterocycles. The summed E-state index contributed by atoms with van der Waals surface area (Å²) in [5.41, 5.74) is 2.07. The third-order valence-corrected chi connectivity index (χ3v) is 5.86. The van der Waals surface area contributed by atoms with Gasteiger partial charge in [-0.3, -0.25) is 0 Å². The van der Waals surface area contributed by atoms with Crippen LogP contribution in [0.4, 0.5) is 13.2 Å². The van der Waals surface area contributed by atoms with Crippen LogP contribution in [0.15, 0.2) is 82.2 Å². The van der Waals surface area contributed by atoms with E-state index in [-0.39, 0.29) is 10.5 Å². The second-order valence-corrected chi connectivity index (χ2v) is 8.77. The summed E-state index contributed by atoms with van der Waals surface area (Å²) < 4.78 is 69.1. The first-order valence-corrected chi connectivity index (χ1v) is 11.0. The van der Waals surface area contributed by atoms with Crippen LogP contribution < -0.4 is 5.14 Å². The molecule has 164 valence electrons. The largest absolute Gasteiger partial charge is 0.417 e. The summed E-state index contributed by atoms with van der Waals surface area (Å²) >= 11 is 0. The second-order valence-electron chi connectivity index (χ2n) is 7.21. The van der Waals surface area contributed by atoms with Crippen LogP contribution >= 0.6 is 0 Å². The summed E-state index contributed by atoms with van der Waals surface area (Å²) in [6.45, 7) is 1.73. The monoisotopic (exact) mass is 458 g/mol. The Labute approximate surface area is 182 Å². The van der Waals surface area contributed by atoms with Crippen LogP contribution in [0.5, 0.6) is 0 Å². The zero-order valence-electron chi connectivity index (χ0n) is 16.7. The van der Waals surface area contributed by atoms with Crippen molar-refractivity contribution in [2.45, 2.75) is 18.0 Å². The van der Waals surface area contributed by atoms with Crippen molar-refractivity contribution < 1.29 is 26.1 Å². The normalized spacial score (nSPS) is 12.2. The summed E-state index contributed by atoms with van der Waals surface area (Å²) in [5.74, 6) is 0.342. The highest BCUT2D eigenvalue weighted by atomic mass is 32.2. The average molecular weight is 458 g/mol. The first-order chi connectivity index (χ1) is 15.0. The number of nitrogens with zero attached hydrogens (tertiary/aromatic N) is 1. The van der Waals surface area contributed by atoms with E-state index in [9.17, 15) is 21.6 Å². The zero-order valence-corrected chi connectivity index (χ0v) is 17.5. The molecule has 0 aliphatic heterocycles.